The molecule has 0 fully saturated rings. The number of H-pyrrole nitrogens is 1. The number of rotatable bonds is 5. The molecule has 0 aliphatic rings. The van der Waals surface area contributed by atoms with Crippen LogP contribution < -0.4 is 4.72 Å². The molecule has 0 spiro atoms. The summed E-state index contributed by atoms with van der Waals surface area (Å²) in [7, 11) is -3.89. The molecule has 0 radical (unpaired) electrons. The smallest absolute Gasteiger partial charge is 0.355 e. The molecule has 6 nitrogen and oxygen atoms in total. The Morgan fingerprint density at radius 3 is 2.54 bits per heavy atom. The monoisotopic (exact) mass is 370 g/mol. The quantitative estimate of drug-likeness (QED) is 0.787. The van der Waals surface area contributed by atoms with Crippen LogP contribution in [-0.4, -0.2) is 26.0 Å². The van der Waals surface area contributed by atoms with Crippen LogP contribution in [0.15, 0.2) is 23.1 Å². The first-order chi connectivity index (χ1) is 11.2. The van der Waals surface area contributed by atoms with Crippen molar-refractivity contribution in [2.45, 2.75) is 32.6 Å². The molecule has 2 N–H and O–H groups in total. The predicted molar refractivity (Wildman–Crippen MR) is 93.2 cm³/mol. The zero-order valence-electron chi connectivity index (χ0n) is 13.9. The molecule has 8 heteroatoms. The highest BCUT2D eigenvalue weighted by Crippen LogP contribution is 2.29. The van der Waals surface area contributed by atoms with Crippen LogP contribution in [0.3, 0.4) is 0 Å². The van der Waals surface area contributed by atoms with E-state index in [4.69, 9.17) is 16.3 Å². The maximum Gasteiger partial charge on any atom is 0.355 e. The van der Waals surface area contributed by atoms with Gasteiger partial charge in [0.05, 0.1) is 12.3 Å². The second-order valence-electron chi connectivity index (χ2n) is 5.32. The number of esters is 1. The number of hydrogen-bond donors (Lipinski definition) is 2. The fourth-order valence-corrected chi connectivity index (χ4v) is 4.20. The van der Waals surface area contributed by atoms with E-state index in [1.165, 1.54) is 0 Å². The molecule has 24 heavy (non-hydrogen) atoms. The topological polar surface area (TPSA) is 88.3 Å². The molecule has 0 amide bonds. The number of ether oxygens (including phenoxy) is 1. The van der Waals surface area contributed by atoms with Crippen molar-refractivity contribution < 1.29 is 17.9 Å². The van der Waals surface area contributed by atoms with E-state index in [0.29, 0.717) is 27.5 Å². The number of anilines is 1. The van der Waals surface area contributed by atoms with Gasteiger partial charge in [-0.25, -0.2) is 13.2 Å². The van der Waals surface area contributed by atoms with Crippen molar-refractivity contribution in [2.75, 3.05) is 11.3 Å². The Bertz CT molecular complexity index is 888. The van der Waals surface area contributed by atoms with Crippen molar-refractivity contribution >= 4 is 33.3 Å². The Balaban J connectivity index is 2.47. The van der Waals surface area contributed by atoms with E-state index in [2.05, 4.69) is 9.71 Å². The largest absolute Gasteiger partial charge is 0.461 e. The first kappa shape index (κ1) is 18.4. The molecule has 0 unspecified atom stereocenters. The van der Waals surface area contributed by atoms with Crippen molar-refractivity contribution in [3.8, 4) is 0 Å². The minimum Gasteiger partial charge on any atom is -0.461 e. The number of aromatic nitrogens is 1. The number of benzene rings is 1. The molecular formula is C16H19ClN2O4S. The molecule has 0 aliphatic carbocycles. The summed E-state index contributed by atoms with van der Waals surface area (Å²) in [6.45, 7) is 6.77. The maximum atomic E-state index is 12.8. The molecule has 0 bridgehead atoms. The van der Waals surface area contributed by atoms with Gasteiger partial charge in [0.25, 0.3) is 10.0 Å². The molecule has 0 saturated carbocycles. The third kappa shape index (κ3) is 3.42. The summed E-state index contributed by atoms with van der Waals surface area (Å²) in [4.78, 5) is 14.8. The van der Waals surface area contributed by atoms with Crippen LogP contribution in [-0.2, 0) is 14.8 Å². The minimum absolute atomic E-state index is 0.0323. The second kappa shape index (κ2) is 6.86. The van der Waals surface area contributed by atoms with E-state index in [1.807, 2.05) is 0 Å². The molecule has 1 aromatic heterocycles. The Hall–Kier alpha value is -1.99. The number of halogens is 1. The number of hydrogen-bond acceptors (Lipinski definition) is 4. The molecule has 2 aromatic rings. The Kier molecular flexibility index (Phi) is 5.25. The number of nitrogens with one attached hydrogen (secondary N) is 2. The van der Waals surface area contributed by atoms with Gasteiger partial charge in [-0.15, -0.1) is 0 Å². The lowest BCUT2D eigenvalue weighted by atomic mass is 10.2. The van der Waals surface area contributed by atoms with E-state index in [9.17, 15) is 13.2 Å². The number of carbonyl (C=O) groups excluding carboxylic acids is 1. The zero-order valence-corrected chi connectivity index (χ0v) is 15.4. The summed E-state index contributed by atoms with van der Waals surface area (Å²) in [6, 6.07) is 4.97. The van der Waals surface area contributed by atoms with Crippen LogP contribution in [0.5, 0.6) is 0 Å². The molecule has 0 aliphatic heterocycles. The van der Waals surface area contributed by atoms with Crippen LogP contribution in [0.2, 0.25) is 5.02 Å². The Morgan fingerprint density at radius 1 is 1.25 bits per heavy atom. The average Bonchev–Trinajstić information content (AvgIpc) is 2.79. The van der Waals surface area contributed by atoms with E-state index in [-0.39, 0.29) is 17.2 Å². The molecule has 1 aromatic carbocycles. The Labute approximate surface area is 146 Å². The van der Waals surface area contributed by atoms with E-state index >= 15 is 0 Å². The van der Waals surface area contributed by atoms with Crippen LogP contribution in [0.1, 0.15) is 34.2 Å². The van der Waals surface area contributed by atoms with Gasteiger partial charge in [0.1, 0.15) is 10.6 Å². The first-order valence-electron chi connectivity index (χ1n) is 7.33. The predicted octanol–water partition coefficient (Wildman–Crippen LogP) is 3.57. The van der Waals surface area contributed by atoms with Crippen molar-refractivity contribution in [1.82, 2.24) is 4.98 Å². The van der Waals surface area contributed by atoms with Gasteiger partial charge in [-0.2, -0.15) is 0 Å². The van der Waals surface area contributed by atoms with Gasteiger partial charge < -0.3 is 9.72 Å². The van der Waals surface area contributed by atoms with Crippen molar-refractivity contribution in [2.24, 2.45) is 0 Å². The summed E-state index contributed by atoms with van der Waals surface area (Å²) in [6.07, 6.45) is 0. The highest BCUT2D eigenvalue weighted by atomic mass is 35.5. The van der Waals surface area contributed by atoms with Gasteiger partial charge >= 0.3 is 5.97 Å². The van der Waals surface area contributed by atoms with Crippen LogP contribution in [0.4, 0.5) is 5.69 Å². The fourth-order valence-electron chi connectivity index (χ4n) is 2.46. The lowest BCUT2D eigenvalue weighted by Gasteiger charge is -2.12. The fraction of sp³-hybridized carbons (Fsp3) is 0.312. The van der Waals surface area contributed by atoms with Crippen molar-refractivity contribution in [3.63, 3.8) is 0 Å². The minimum atomic E-state index is -3.89. The molecule has 2 rings (SSSR count). The third-order valence-corrected chi connectivity index (χ3v) is 5.68. The third-order valence-electron chi connectivity index (χ3n) is 3.63. The zero-order chi connectivity index (χ0) is 18.1. The van der Waals surface area contributed by atoms with E-state index in [1.54, 1.807) is 45.9 Å². The second-order valence-corrected chi connectivity index (χ2v) is 7.34. The standard InChI is InChI=1S/C16H19ClN2O4S/c1-5-23-16(20)14-10(3)15(11(4)18-14)24(21,22)19-13-8-6-7-12(17)9(13)2/h6-8,18-19H,5H2,1-4H3. The maximum absolute atomic E-state index is 12.8. The number of aryl methyl sites for hydroxylation is 1. The summed E-state index contributed by atoms with van der Waals surface area (Å²) in [5.41, 5.74) is 1.83. The lowest BCUT2D eigenvalue weighted by molar-refractivity contribution is 0.0519. The number of carbonyl (C=O) groups is 1. The molecule has 0 atom stereocenters. The van der Waals surface area contributed by atoms with Gasteiger partial charge in [0.15, 0.2) is 0 Å². The van der Waals surface area contributed by atoms with E-state index < -0.39 is 16.0 Å². The molecule has 130 valence electrons. The summed E-state index contributed by atoms with van der Waals surface area (Å²) >= 11 is 6.03. The van der Waals surface area contributed by atoms with Gasteiger partial charge in [0, 0.05) is 16.3 Å². The Morgan fingerprint density at radius 2 is 1.92 bits per heavy atom. The summed E-state index contributed by atoms with van der Waals surface area (Å²) in [5, 5.41) is 0.463. The highest BCUT2D eigenvalue weighted by molar-refractivity contribution is 7.92. The number of aromatic amines is 1. The highest BCUT2D eigenvalue weighted by Gasteiger charge is 2.27. The lowest BCUT2D eigenvalue weighted by Crippen LogP contribution is -2.15. The summed E-state index contributed by atoms with van der Waals surface area (Å²) < 4.78 is 33.0. The summed E-state index contributed by atoms with van der Waals surface area (Å²) in [5.74, 6) is -0.585. The molecule has 0 saturated heterocycles. The number of sulfonamides is 1. The SMILES string of the molecule is CCOC(=O)c1[nH]c(C)c(S(=O)(=O)Nc2cccc(Cl)c2C)c1C. The van der Waals surface area contributed by atoms with Gasteiger partial charge in [-0.3, -0.25) is 4.72 Å². The van der Waals surface area contributed by atoms with Crippen LogP contribution in [0, 0.1) is 20.8 Å². The van der Waals surface area contributed by atoms with Gasteiger partial charge in [-0.1, -0.05) is 17.7 Å². The molecule has 1 heterocycles. The van der Waals surface area contributed by atoms with E-state index in [0.717, 1.165) is 0 Å². The average molecular weight is 371 g/mol. The van der Waals surface area contributed by atoms with Crippen LogP contribution >= 0.6 is 11.6 Å². The van der Waals surface area contributed by atoms with Gasteiger partial charge in [0.2, 0.25) is 0 Å². The van der Waals surface area contributed by atoms with Crippen molar-refractivity contribution in [1.29, 1.82) is 0 Å². The van der Waals surface area contributed by atoms with Crippen LogP contribution in [0.25, 0.3) is 0 Å². The first-order valence-corrected chi connectivity index (χ1v) is 9.19. The van der Waals surface area contributed by atoms with Crippen molar-refractivity contribution in [3.05, 3.63) is 45.7 Å². The van der Waals surface area contributed by atoms with Gasteiger partial charge in [-0.05, 0) is 45.4 Å². The molecular weight excluding hydrogens is 352 g/mol. The normalized spacial score (nSPS) is 11.4.